The Bertz CT molecular complexity index is 666. The van der Waals surface area contributed by atoms with Gasteiger partial charge in [-0.15, -0.1) is 0 Å². The summed E-state index contributed by atoms with van der Waals surface area (Å²) in [7, 11) is 0. The van der Waals surface area contributed by atoms with Gasteiger partial charge in [0.15, 0.2) is 0 Å². The summed E-state index contributed by atoms with van der Waals surface area (Å²) in [5.74, 6) is 0.776. The summed E-state index contributed by atoms with van der Waals surface area (Å²) in [6, 6.07) is 14.8. The minimum atomic E-state index is 0.315. The highest BCUT2D eigenvalue weighted by Gasteiger charge is 2.37. The number of fused-ring (bicyclic) bond motifs is 3. The Labute approximate surface area is 130 Å². The van der Waals surface area contributed by atoms with Crippen LogP contribution in [0.2, 0.25) is 0 Å². The number of hydrogen-bond acceptors (Lipinski definition) is 2. The molecule has 2 heteroatoms. The molecule has 2 heterocycles. The minimum Gasteiger partial charge on any atom is -0.299 e. The molecule has 0 aliphatic carbocycles. The van der Waals surface area contributed by atoms with Crippen molar-refractivity contribution < 1.29 is 4.79 Å². The molecule has 0 amide bonds. The first-order chi connectivity index (χ1) is 10.3. The van der Waals surface area contributed by atoms with E-state index in [2.05, 4.69) is 54.2 Å². The Balaban J connectivity index is 1.50. The number of benzene rings is 2. The third kappa shape index (κ3) is 2.74. The molecule has 2 aliphatic heterocycles. The number of hydrogen-bond donors (Lipinski definition) is 0. The van der Waals surface area contributed by atoms with Gasteiger partial charge in [0.2, 0.25) is 0 Å². The SMILES string of the molecule is O=C(Cc1ccc2ccccc2c1)C1CC2CCC(C1)S2. The van der Waals surface area contributed by atoms with E-state index in [4.69, 9.17) is 0 Å². The normalized spacial score (nSPS) is 27.9. The van der Waals surface area contributed by atoms with E-state index in [-0.39, 0.29) is 0 Å². The standard InChI is InChI=1S/C19H20OS/c20-19(16-11-17-7-8-18(12-16)21-17)10-13-5-6-14-3-1-2-4-15(14)9-13/h1-6,9,16-18H,7-8,10-12H2. The second-order valence-corrected chi connectivity index (χ2v) is 8.06. The number of carbonyl (C=O) groups excluding carboxylic acids is 1. The summed E-state index contributed by atoms with van der Waals surface area (Å²) in [4.78, 5) is 12.6. The summed E-state index contributed by atoms with van der Waals surface area (Å²) >= 11 is 2.13. The van der Waals surface area contributed by atoms with Gasteiger partial charge >= 0.3 is 0 Å². The van der Waals surface area contributed by atoms with Crippen LogP contribution in [0, 0.1) is 5.92 Å². The monoisotopic (exact) mass is 296 g/mol. The van der Waals surface area contributed by atoms with Gasteiger partial charge in [-0.25, -0.2) is 0 Å². The summed E-state index contributed by atoms with van der Waals surface area (Å²) < 4.78 is 0. The van der Waals surface area contributed by atoms with Gasteiger partial charge in [-0.3, -0.25) is 4.79 Å². The van der Waals surface area contributed by atoms with Crippen LogP contribution in [0.3, 0.4) is 0 Å². The van der Waals surface area contributed by atoms with Gasteiger partial charge in [0, 0.05) is 22.8 Å². The van der Waals surface area contributed by atoms with Gasteiger partial charge in [-0.1, -0.05) is 42.5 Å². The van der Waals surface area contributed by atoms with Gasteiger partial charge in [0.05, 0.1) is 0 Å². The van der Waals surface area contributed by atoms with E-state index < -0.39 is 0 Å². The molecule has 108 valence electrons. The maximum atomic E-state index is 12.6. The molecule has 2 aromatic carbocycles. The lowest BCUT2D eigenvalue weighted by atomic mass is 9.90. The zero-order valence-electron chi connectivity index (χ0n) is 12.1. The average Bonchev–Trinajstić information content (AvgIpc) is 2.85. The van der Waals surface area contributed by atoms with Crippen molar-refractivity contribution in [1.82, 2.24) is 0 Å². The Kier molecular flexibility index (Phi) is 3.50. The van der Waals surface area contributed by atoms with Crippen molar-refractivity contribution in [3.05, 3.63) is 48.0 Å². The van der Waals surface area contributed by atoms with E-state index in [1.807, 2.05) is 0 Å². The molecule has 2 unspecified atom stereocenters. The van der Waals surface area contributed by atoms with E-state index in [0.29, 0.717) is 18.1 Å². The zero-order valence-corrected chi connectivity index (χ0v) is 12.9. The Hall–Kier alpha value is -1.28. The van der Waals surface area contributed by atoms with Crippen LogP contribution in [0.15, 0.2) is 42.5 Å². The van der Waals surface area contributed by atoms with Crippen LogP contribution < -0.4 is 0 Å². The molecule has 2 fully saturated rings. The summed E-state index contributed by atoms with van der Waals surface area (Å²) in [5, 5.41) is 4.01. The van der Waals surface area contributed by atoms with Gasteiger partial charge < -0.3 is 0 Å². The van der Waals surface area contributed by atoms with Crippen molar-refractivity contribution in [3.63, 3.8) is 0 Å². The lowest BCUT2D eigenvalue weighted by Gasteiger charge is -2.26. The Morgan fingerprint density at radius 3 is 2.48 bits per heavy atom. The van der Waals surface area contributed by atoms with Crippen LogP contribution in [0.5, 0.6) is 0 Å². The second kappa shape index (κ2) is 5.49. The second-order valence-electron chi connectivity index (χ2n) is 6.45. The quantitative estimate of drug-likeness (QED) is 0.821. The molecule has 2 atom stereocenters. The minimum absolute atomic E-state index is 0.315. The van der Waals surface area contributed by atoms with E-state index >= 15 is 0 Å². The van der Waals surface area contributed by atoms with Crippen molar-refractivity contribution in [3.8, 4) is 0 Å². The number of rotatable bonds is 3. The third-order valence-corrected chi connectivity index (χ3v) is 6.56. The highest BCUT2D eigenvalue weighted by atomic mass is 32.2. The fourth-order valence-corrected chi connectivity index (χ4v) is 5.59. The molecule has 2 saturated heterocycles. The molecule has 0 aromatic heterocycles. The van der Waals surface area contributed by atoms with Crippen molar-refractivity contribution in [2.24, 2.45) is 5.92 Å². The molecule has 2 aliphatic rings. The molecule has 0 saturated carbocycles. The predicted molar refractivity (Wildman–Crippen MR) is 89.8 cm³/mol. The molecule has 2 bridgehead atoms. The lowest BCUT2D eigenvalue weighted by Crippen LogP contribution is -2.25. The van der Waals surface area contributed by atoms with Gasteiger partial charge in [0.1, 0.15) is 5.78 Å². The maximum Gasteiger partial charge on any atom is 0.140 e. The van der Waals surface area contributed by atoms with Gasteiger partial charge in [0.25, 0.3) is 0 Å². The number of ketones is 1. The largest absolute Gasteiger partial charge is 0.299 e. The number of carbonyl (C=O) groups is 1. The number of thioether (sulfide) groups is 1. The molecule has 0 N–H and O–H groups in total. The van der Waals surface area contributed by atoms with E-state index in [9.17, 15) is 4.79 Å². The maximum absolute atomic E-state index is 12.6. The molecule has 21 heavy (non-hydrogen) atoms. The molecule has 0 spiro atoms. The third-order valence-electron chi connectivity index (χ3n) is 4.94. The smallest absolute Gasteiger partial charge is 0.140 e. The van der Waals surface area contributed by atoms with Gasteiger partial charge in [-0.2, -0.15) is 11.8 Å². The fourth-order valence-electron chi connectivity index (χ4n) is 3.81. The molecular weight excluding hydrogens is 276 g/mol. The summed E-state index contributed by atoms with van der Waals surface area (Å²) in [6.07, 6.45) is 5.50. The van der Waals surface area contributed by atoms with E-state index in [1.54, 1.807) is 0 Å². The zero-order chi connectivity index (χ0) is 14.2. The van der Waals surface area contributed by atoms with Gasteiger partial charge in [-0.05, 0) is 42.0 Å². The Morgan fingerprint density at radius 1 is 1.00 bits per heavy atom. The molecule has 0 radical (unpaired) electrons. The van der Waals surface area contributed by atoms with Crippen LogP contribution in [0.4, 0.5) is 0 Å². The van der Waals surface area contributed by atoms with E-state index in [0.717, 1.165) is 23.3 Å². The van der Waals surface area contributed by atoms with Crippen molar-refractivity contribution >= 4 is 28.3 Å². The first kappa shape index (κ1) is 13.4. The predicted octanol–water partition coefficient (Wildman–Crippen LogP) is 4.63. The Morgan fingerprint density at radius 2 is 1.71 bits per heavy atom. The van der Waals surface area contributed by atoms with E-state index in [1.165, 1.54) is 29.2 Å². The first-order valence-corrected chi connectivity index (χ1v) is 8.88. The van der Waals surface area contributed by atoms with Crippen LogP contribution in [-0.2, 0) is 11.2 Å². The topological polar surface area (TPSA) is 17.1 Å². The molecule has 2 aromatic rings. The van der Waals surface area contributed by atoms with Crippen LogP contribution >= 0.6 is 11.8 Å². The number of Topliss-reactive ketones (excluding diaryl/α,β-unsaturated/α-hetero) is 1. The van der Waals surface area contributed by atoms with Crippen LogP contribution in [0.1, 0.15) is 31.2 Å². The highest BCUT2D eigenvalue weighted by Crippen LogP contribution is 2.46. The van der Waals surface area contributed by atoms with Crippen molar-refractivity contribution in [2.75, 3.05) is 0 Å². The average molecular weight is 296 g/mol. The summed E-state index contributed by atoms with van der Waals surface area (Å²) in [5.41, 5.74) is 1.17. The first-order valence-electron chi connectivity index (χ1n) is 7.94. The van der Waals surface area contributed by atoms with Crippen molar-refractivity contribution in [1.29, 1.82) is 0 Å². The van der Waals surface area contributed by atoms with Crippen LogP contribution in [-0.4, -0.2) is 16.3 Å². The van der Waals surface area contributed by atoms with Crippen molar-refractivity contribution in [2.45, 2.75) is 42.6 Å². The molecule has 4 rings (SSSR count). The molecular formula is C19H20OS. The lowest BCUT2D eigenvalue weighted by molar-refractivity contribution is -0.122. The molecule has 1 nitrogen and oxygen atoms in total. The summed E-state index contributed by atoms with van der Waals surface area (Å²) in [6.45, 7) is 0. The highest BCUT2D eigenvalue weighted by molar-refractivity contribution is 8.00. The van der Waals surface area contributed by atoms with Crippen LogP contribution in [0.25, 0.3) is 10.8 Å². The fraction of sp³-hybridized carbons (Fsp3) is 0.421.